The summed E-state index contributed by atoms with van der Waals surface area (Å²) >= 11 is 0. The average Bonchev–Trinajstić information content (AvgIpc) is 2.78. The van der Waals surface area contributed by atoms with Gasteiger partial charge in [-0.3, -0.25) is 14.5 Å². The van der Waals surface area contributed by atoms with E-state index in [2.05, 4.69) is 10.1 Å². The molecule has 0 aliphatic heterocycles. The van der Waals surface area contributed by atoms with Crippen LogP contribution in [0.15, 0.2) is 84.9 Å². The number of hydrogen-bond acceptors (Lipinski definition) is 4. The first-order chi connectivity index (χ1) is 14.1. The van der Waals surface area contributed by atoms with E-state index in [1.54, 1.807) is 42.5 Å². The summed E-state index contributed by atoms with van der Waals surface area (Å²) in [5.41, 5.74) is 2.12. The molecule has 0 fully saturated rings. The first kappa shape index (κ1) is 19.8. The van der Waals surface area contributed by atoms with Crippen molar-refractivity contribution >= 4 is 29.2 Å². The van der Waals surface area contributed by atoms with Gasteiger partial charge in [-0.15, -0.1) is 0 Å². The molecular formula is C23H20N2O4. The van der Waals surface area contributed by atoms with E-state index in [9.17, 15) is 14.4 Å². The highest BCUT2D eigenvalue weighted by molar-refractivity contribution is 6.44. The van der Waals surface area contributed by atoms with Crippen LogP contribution in [0.25, 0.3) is 0 Å². The van der Waals surface area contributed by atoms with Gasteiger partial charge in [0.2, 0.25) is 0 Å². The second kappa shape index (κ2) is 9.32. The number of rotatable bonds is 5. The van der Waals surface area contributed by atoms with E-state index in [0.29, 0.717) is 11.4 Å². The molecule has 29 heavy (non-hydrogen) atoms. The maximum absolute atomic E-state index is 12.9. The molecule has 3 aromatic carbocycles. The molecular weight excluding hydrogens is 368 g/mol. The molecule has 0 radical (unpaired) electrons. The van der Waals surface area contributed by atoms with E-state index in [4.69, 9.17) is 0 Å². The number of methoxy groups -OCH3 is 1. The largest absolute Gasteiger partial charge is 0.465 e. The summed E-state index contributed by atoms with van der Waals surface area (Å²) in [5, 5.41) is 2.56. The van der Waals surface area contributed by atoms with Gasteiger partial charge < -0.3 is 10.1 Å². The molecule has 0 saturated carbocycles. The number of hydrogen-bond donors (Lipinski definition) is 1. The van der Waals surface area contributed by atoms with Gasteiger partial charge in [0.05, 0.1) is 19.2 Å². The molecule has 0 aliphatic rings. The van der Waals surface area contributed by atoms with Crippen molar-refractivity contribution in [1.82, 2.24) is 0 Å². The van der Waals surface area contributed by atoms with Crippen molar-refractivity contribution in [3.8, 4) is 0 Å². The number of carbonyl (C=O) groups excluding carboxylic acids is 3. The Balaban J connectivity index is 1.82. The summed E-state index contributed by atoms with van der Waals surface area (Å²) in [6, 6.07) is 24.6. The minimum atomic E-state index is -0.799. The van der Waals surface area contributed by atoms with Crippen molar-refractivity contribution in [2.75, 3.05) is 17.3 Å². The zero-order valence-electron chi connectivity index (χ0n) is 15.9. The quantitative estimate of drug-likeness (QED) is 0.535. The van der Waals surface area contributed by atoms with Crippen LogP contribution in [0.4, 0.5) is 11.4 Å². The molecule has 6 heteroatoms. The number of esters is 1. The molecule has 0 saturated heterocycles. The number of anilines is 2. The van der Waals surface area contributed by atoms with Gasteiger partial charge >= 0.3 is 17.8 Å². The zero-order valence-corrected chi connectivity index (χ0v) is 15.9. The van der Waals surface area contributed by atoms with Crippen LogP contribution >= 0.6 is 0 Å². The predicted octanol–water partition coefficient (Wildman–Crippen LogP) is 3.65. The first-order valence-electron chi connectivity index (χ1n) is 8.98. The van der Waals surface area contributed by atoms with Gasteiger partial charge in [-0.2, -0.15) is 0 Å². The Bertz CT molecular complexity index is 1000. The fourth-order valence-electron chi connectivity index (χ4n) is 2.80. The molecule has 0 aromatic heterocycles. The Morgan fingerprint density at radius 1 is 0.862 bits per heavy atom. The van der Waals surface area contributed by atoms with Gasteiger partial charge in [0, 0.05) is 11.4 Å². The normalized spacial score (nSPS) is 10.1. The zero-order chi connectivity index (χ0) is 20.6. The summed E-state index contributed by atoms with van der Waals surface area (Å²) in [6.07, 6.45) is 0. The lowest BCUT2D eigenvalue weighted by Crippen LogP contribution is -2.39. The summed E-state index contributed by atoms with van der Waals surface area (Å²) in [5.74, 6) is -2.03. The van der Waals surface area contributed by atoms with Gasteiger partial charge in [0.15, 0.2) is 0 Å². The van der Waals surface area contributed by atoms with Crippen molar-refractivity contribution in [3.63, 3.8) is 0 Å². The average molecular weight is 388 g/mol. The summed E-state index contributed by atoms with van der Waals surface area (Å²) in [7, 11) is 1.28. The lowest BCUT2D eigenvalue weighted by Gasteiger charge is -2.22. The molecule has 0 atom stereocenters. The van der Waals surface area contributed by atoms with Crippen LogP contribution in [0, 0.1) is 0 Å². The minimum Gasteiger partial charge on any atom is -0.465 e. The monoisotopic (exact) mass is 388 g/mol. The summed E-state index contributed by atoms with van der Waals surface area (Å²) < 4.78 is 4.68. The molecule has 0 unspecified atom stereocenters. The Morgan fingerprint density at radius 3 is 2.17 bits per heavy atom. The molecule has 3 rings (SSSR count). The highest BCUT2D eigenvalue weighted by atomic mass is 16.5. The molecule has 6 nitrogen and oxygen atoms in total. The van der Waals surface area contributed by atoms with Gasteiger partial charge in [-0.1, -0.05) is 54.6 Å². The van der Waals surface area contributed by atoms with Crippen LogP contribution in [0.3, 0.4) is 0 Å². The fraction of sp³-hybridized carbons (Fsp3) is 0.0870. The number of carbonyl (C=O) groups is 3. The summed E-state index contributed by atoms with van der Waals surface area (Å²) in [4.78, 5) is 38.7. The van der Waals surface area contributed by atoms with Gasteiger partial charge in [-0.25, -0.2) is 4.79 Å². The first-order valence-corrected chi connectivity index (χ1v) is 8.98. The highest BCUT2D eigenvalue weighted by Gasteiger charge is 2.24. The second-order valence-corrected chi connectivity index (χ2v) is 6.24. The van der Waals surface area contributed by atoms with E-state index in [1.807, 2.05) is 36.4 Å². The molecule has 0 bridgehead atoms. The molecule has 3 aromatic rings. The van der Waals surface area contributed by atoms with Crippen LogP contribution in [-0.2, 0) is 20.9 Å². The molecule has 0 spiro atoms. The molecule has 2 amide bonds. The van der Waals surface area contributed by atoms with Gasteiger partial charge in [0.25, 0.3) is 0 Å². The molecule has 0 heterocycles. The van der Waals surface area contributed by atoms with Crippen LogP contribution in [0.1, 0.15) is 15.9 Å². The number of benzene rings is 3. The number of para-hydroxylation sites is 1. The number of amides is 2. The van der Waals surface area contributed by atoms with E-state index >= 15 is 0 Å². The number of ether oxygens (including phenoxy) is 1. The van der Waals surface area contributed by atoms with Crippen molar-refractivity contribution in [2.45, 2.75) is 6.54 Å². The lowest BCUT2D eigenvalue weighted by atomic mass is 10.2. The highest BCUT2D eigenvalue weighted by Crippen LogP contribution is 2.18. The third kappa shape index (κ3) is 5.07. The standard InChI is InChI=1S/C23H20N2O4/c1-29-23(28)18-11-8-12-19(15-18)24-21(26)22(27)25(20-13-6-3-7-14-20)16-17-9-4-2-5-10-17/h2-15H,16H2,1H3,(H,24,26). The van der Waals surface area contributed by atoms with Crippen LogP contribution in [0.5, 0.6) is 0 Å². The van der Waals surface area contributed by atoms with Crippen molar-refractivity contribution < 1.29 is 19.1 Å². The Labute approximate surface area is 168 Å². The van der Waals surface area contributed by atoms with Crippen LogP contribution in [-0.4, -0.2) is 24.9 Å². The third-order valence-electron chi connectivity index (χ3n) is 4.23. The maximum Gasteiger partial charge on any atom is 0.337 e. The van der Waals surface area contributed by atoms with Gasteiger partial charge in [-0.05, 0) is 35.9 Å². The maximum atomic E-state index is 12.9. The van der Waals surface area contributed by atoms with E-state index in [0.717, 1.165) is 5.56 Å². The predicted molar refractivity (Wildman–Crippen MR) is 110 cm³/mol. The van der Waals surface area contributed by atoms with Crippen molar-refractivity contribution in [1.29, 1.82) is 0 Å². The summed E-state index contributed by atoms with van der Waals surface area (Å²) in [6.45, 7) is 0.249. The molecule has 146 valence electrons. The van der Waals surface area contributed by atoms with E-state index < -0.39 is 17.8 Å². The Hall–Kier alpha value is -3.93. The Kier molecular flexibility index (Phi) is 6.37. The minimum absolute atomic E-state index is 0.249. The van der Waals surface area contributed by atoms with Crippen LogP contribution in [0.2, 0.25) is 0 Å². The Morgan fingerprint density at radius 2 is 1.52 bits per heavy atom. The van der Waals surface area contributed by atoms with Crippen LogP contribution < -0.4 is 10.2 Å². The number of nitrogens with zero attached hydrogens (tertiary/aromatic N) is 1. The molecule has 1 N–H and O–H groups in total. The van der Waals surface area contributed by atoms with Crippen molar-refractivity contribution in [3.05, 3.63) is 96.1 Å². The SMILES string of the molecule is COC(=O)c1cccc(NC(=O)C(=O)N(Cc2ccccc2)c2ccccc2)c1. The molecule has 0 aliphatic carbocycles. The van der Waals surface area contributed by atoms with E-state index in [-0.39, 0.29) is 12.1 Å². The van der Waals surface area contributed by atoms with Gasteiger partial charge in [0.1, 0.15) is 0 Å². The topological polar surface area (TPSA) is 75.7 Å². The number of nitrogens with one attached hydrogen (secondary N) is 1. The fourth-order valence-corrected chi connectivity index (χ4v) is 2.80. The third-order valence-corrected chi connectivity index (χ3v) is 4.23. The second-order valence-electron chi connectivity index (χ2n) is 6.24. The van der Waals surface area contributed by atoms with Crippen molar-refractivity contribution in [2.24, 2.45) is 0 Å². The smallest absolute Gasteiger partial charge is 0.337 e. The van der Waals surface area contributed by atoms with E-state index in [1.165, 1.54) is 18.1 Å². The lowest BCUT2D eigenvalue weighted by molar-refractivity contribution is -0.134.